The summed E-state index contributed by atoms with van der Waals surface area (Å²) in [5.41, 5.74) is 38.1. The summed E-state index contributed by atoms with van der Waals surface area (Å²) in [5.74, 6) is 0. The number of rotatable bonds is 15. The van der Waals surface area contributed by atoms with Gasteiger partial charge in [0.1, 0.15) is 5.71 Å². The van der Waals surface area contributed by atoms with Crippen molar-refractivity contribution in [2.24, 2.45) is 4.40 Å². The highest BCUT2D eigenvalue weighted by atomic mass is 32.1. The quantitative estimate of drug-likeness (QED) is 0.0780. The molecule has 0 saturated carbocycles. The minimum atomic E-state index is -0.504. The van der Waals surface area contributed by atoms with Gasteiger partial charge in [-0.3, -0.25) is 5.41 Å². The van der Waals surface area contributed by atoms with Gasteiger partial charge < -0.3 is 18.6 Å². The van der Waals surface area contributed by atoms with Crippen LogP contribution in [0.5, 0.6) is 0 Å². The maximum absolute atomic E-state index is 10.3. The predicted octanol–water partition coefficient (Wildman–Crippen LogP) is 30.8. The molecule has 0 spiro atoms. The molecular formula is C122H80N6S. The van der Waals surface area contributed by atoms with E-state index in [2.05, 4.69) is 492 Å². The van der Waals surface area contributed by atoms with Crippen molar-refractivity contribution in [3.8, 4) is 83.8 Å². The van der Waals surface area contributed by atoms with Gasteiger partial charge in [-0.1, -0.05) is 340 Å². The molecule has 0 radical (unpaired) electrons. The Morgan fingerprint density at radius 2 is 0.512 bits per heavy atom. The number of hydrogen-bond donors (Lipinski definition) is 2. The van der Waals surface area contributed by atoms with Crippen LogP contribution in [-0.2, 0) is 10.8 Å². The summed E-state index contributed by atoms with van der Waals surface area (Å²) in [5, 5.41) is 17.4. The van der Waals surface area contributed by atoms with Crippen LogP contribution in [0.15, 0.2) is 483 Å². The zero-order chi connectivity index (χ0) is 85.4. The first-order chi connectivity index (χ1) is 63.8. The number of nitrogens with one attached hydrogen (secondary N) is 1. The molecule has 1 N–H and O–H groups in total. The molecule has 22 aromatic rings. The molecular weight excluding hydrogens is 1580 g/mol. The Bertz CT molecular complexity index is 7760. The van der Waals surface area contributed by atoms with Crippen LogP contribution in [0.25, 0.3) is 155 Å². The van der Waals surface area contributed by atoms with Gasteiger partial charge in [0.05, 0.1) is 55.3 Å². The van der Waals surface area contributed by atoms with Crippen molar-refractivity contribution in [2.75, 3.05) is 4.90 Å². The van der Waals surface area contributed by atoms with E-state index in [1.807, 2.05) is 0 Å². The van der Waals surface area contributed by atoms with Crippen LogP contribution < -0.4 is 4.90 Å². The Kier molecular flexibility index (Phi) is 17.6. The Labute approximate surface area is 753 Å². The molecule has 604 valence electrons. The van der Waals surface area contributed by atoms with Crippen LogP contribution in [-0.4, -0.2) is 25.1 Å². The SMILES string of the molecule is N=C1C(c2ccc(-n3c4ccc(-c5ccc(-c6ccc7c(c6)C(c6ccccc6)(c6ccccc6)c6ccccc6-7)cc5)cc4c4cc(-c5ccc(-c6ccc7c(c6)C(c6ccccc6)(c6ccccc6)c6ccccc6-7)cc5)ccc43)cc2)=CC=C(N(c2ccc(-n3c4ccccc4c4ccccc43)cc2)c2ccc(-n3c4ccccc4c4ccccc43)cc2)C1=NS. The van der Waals surface area contributed by atoms with Gasteiger partial charge in [0.15, 0.2) is 0 Å². The Hall–Kier alpha value is -16.5. The summed E-state index contributed by atoms with van der Waals surface area (Å²) in [7, 11) is 0. The van der Waals surface area contributed by atoms with E-state index in [-0.39, 0.29) is 5.71 Å². The summed E-state index contributed by atoms with van der Waals surface area (Å²) in [4.78, 5) is 2.21. The number of nitrogens with zero attached hydrogens (tertiary/aromatic N) is 5. The minimum Gasteiger partial charge on any atom is -0.309 e. The maximum Gasteiger partial charge on any atom is 0.121 e. The molecule has 6 nitrogen and oxygen atoms in total. The summed E-state index contributed by atoms with van der Waals surface area (Å²) in [6.45, 7) is 0. The molecule has 0 fully saturated rings. The molecule has 129 heavy (non-hydrogen) atoms. The summed E-state index contributed by atoms with van der Waals surface area (Å²) in [6, 6.07) is 169. The summed E-state index contributed by atoms with van der Waals surface area (Å²) in [6.07, 6.45) is 4.17. The van der Waals surface area contributed by atoms with E-state index in [4.69, 9.17) is 17.2 Å². The molecule has 0 atom stereocenters. The standard InChI is InChI=1S/C122H80N6S/c123-119-97(71-74-118(120(119)124-129)125(92-61-65-95(66-62-92)126-112-41-21-15-35-102(112)103-36-16-22-42-113(103)126)93-63-67-96(68-64-93)127-114-43-23-17-37-104(114)105-38-18-24-44-115(105)127)83-53-59-94(60-54-83)128-116-72-57-84(79-45-49-81(50-46-79)86-55-69-100-98-33-13-19-39-108(98)121(110(100)77-86,88-25-5-1-6-26-88)89-27-7-2-8-28-89)75-106(116)107-76-85(58-73-117(107)128)80-47-51-82(52-48-80)87-56-70-101-99-34-14-20-40-109(99)122(111(101)78-87,90-29-9-3-10-30-90)91-31-11-4-12-32-91/h1-78,123,129H. The van der Waals surface area contributed by atoms with Crippen molar-refractivity contribution < 1.29 is 0 Å². The van der Waals surface area contributed by atoms with Gasteiger partial charge in [-0.2, -0.15) is 0 Å². The van der Waals surface area contributed by atoms with Gasteiger partial charge in [0.2, 0.25) is 0 Å². The smallest absolute Gasteiger partial charge is 0.121 e. The van der Waals surface area contributed by atoms with Crippen LogP contribution in [0.3, 0.4) is 0 Å². The molecule has 0 bridgehead atoms. The lowest BCUT2D eigenvalue weighted by atomic mass is 9.67. The highest BCUT2D eigenvalue weighted by molar-refractivity contribution is 7.79. The van der Waals surface area contributed by atoms with Crippen molar-refractivity contribution >= 4 is 107 Å². The molecule has 3 aromatic heterocycles. The number of thiol groups is 1. The topological polar surface area (TPSA) is 54.2 Å². The lowest BCUT2D eigenvalue weighted by molar-refractivity contribution is 0.769. The third kappa shape index (κ3) is 11.7. The zero-order valence-electron chi connectivity index (χ0n) is 70.2. The van der Waals surface area contributed by atoms with Gasteiger partial charge >= 0.3 is 0 Å². The Balaban J connectivity index is 0.588. The molecule has 0 aliphatic heterocycles. The predicted molar refractivity (Wildman–Crippen MR) is 541 cm³/mol. The van der Waals surface area contributed by atoms with Crippen molar-refractivity contribution in [1.82, 2.24) is 13.7 Å². The number of allylic oxidation sites excluding steroid dienone is 4. The van der Waals surface area contributed by atoms with Crippen LogP contribution in [0.1, 0.15) is 50.1 Å². The number of hydrogen-bond acceptors (Lipinski definition) is 4. The third-order valence-corrected chi connectivity index (χ3v) is 27.8. The van der Waals surface area contributed by atoms with E-state index in [1.54, 1.807) is 0 Å². The minimum absolute atomic E-state index is 0.264. The first-order valence-corrected chi connectivity index (χ1v) is 44.6. The van der Waals surface area contributed by atoms with Crippen LogP contribution in [0.2, 0.25) is 0 Å². The van der Waals surface area contributed by atoms with E-state index >= 15 is 0 Å². The fourth-order valence-electron chi connectivity index (χ4n) is 21.8. The summed E-state index contributed by atoms with van der Waals surface area (Å²) >= 11 is 4.76. The van der Waals surface area contributed by atoms with Crippen molar-refractivity contribution in [2.45, 2.75) is 10.8 Å². The fourth-order valence-corrected chi connectivity index (χ4v) is 22.0. The van der Waals surface area contributed by atoms with Crippen LogP contribution >= 0.6 is 12.8 Å². The number of anilines is 2. The van der Waals surface area contributed by atoms with E-state index < -0.39 is 10.8 Å². The largest absolute Gasteiger partial charge is 0.309 e. The highest BCUT2D eigenvalue weighted by Gasteiger charge is 2.48. The number of para-hydroxylation sites is 4. The van der Waals surface area contributed by atoms with Gasteiger partial charge in [-0.25, -0.2) is 4.40 Å². The van der Waals surface area contributed by atoms with Crippen molar-refractivity contribution in [3.63, 3.8) is 0 Å². The molecule has 19 aromatic carbocycles. The second-order valence-corrected chi connectivity index (χ2v) is 34.3. The number of fused-ring (bicyclic) bond motifs is 15. The van der Waals surface area contributed by atoms with Gasteiger partial charge in [0, 0.05) is 66.3 Å². The average Bonchev–Trinajstić information content (AvgIpc) is 1.54. The fraction of sp³-hybridized carbons (Fsp3) is 0.0164. The lowest BCUT2D eigenvalue weighted by Crippen LogP contribution is -2.30. The Morgan fingerprint density at radius 3 is 0.868 bits per heavy atom. The molecule has 3 aliphatic carbocycles. The maximum atomic E-state index is 10.3. The van der Waals surface area contributed by atoms with E-state index in [1.165, 1.54) is 99.4 Å². The van der Waals surface area contributed by atoms with Crippen molar-refractivity contribution in [3.05, 3.63) is 529 Å². The second kappa shape index (κ2) is 30.2. The van der Waals surface area contributed by atoms with Crippen LogP contribution in [0.4, 0.5) is 11.4 Å². The molecule has 0 unspecified atom stereocenters. The van der Waals surface area contributed by atoms with Crippen LogP contribution in [0, 0.1) is 5.41 Å². The number of aromatic nitrogens is 3. The average molecular weight is 1660 g/mol. The first kappa shape index (κ1) is 75.1. The van der Waals surface area contributed by atoms with E-state index in [0.717, 1.165) is 123 Å². The van der Waals surface area contributed by atoms with E-state index in [0.29, 0.717) is 5.71 Å². The van der Waals surface area contributed by atoms with Gasteiger partial charge in [0.25, 0.3) is 0 Å². The molecule has 0 amide bonds. The lowest BCUT2D eigenvalue weighted by Gasteiger charge is -2.34. The molecule has 0 saturated heterocycles. The molecule has 25 rings (SSSR count). The highest BCUT2D eigenvalue weighted by Crippen LogP contribution is 2.59. The van der Waals surface area contributed by atoms with Crippen molar-refractivity contribution in [1.29, 1.82) is 5.41 Å². The monoisotopic (exact) mass is 1660 g/mol. The molecule has 7 heteroatoms. The summed E-state index contributed by atoms with van der Waals surface area (Å²) < 4.78 is 11.8. The Morgan fingerprint density at radius 1 is 0.233 bits per heavy atom. The molecule has 3 aliphatic rings. The first-order valence-electron chi connectivity index (χ1n) is 44.2. The second-order valence-electron chi connectivity index (χ2n) is 34.1. The zero-order valence-corrected chi connectivity index (χ0v) is 71.1. The third-order valence-electron chi connectivity index (χ3n) is 27.6. The van der Waals surface area contributed by atoms with Gasteiger partial charge in [-0.05, 0) is 263 Å². The van der Waals surface area contributed by atoms with E-state index in [9.17, 15) is 5.41 Å². The normalized spacial score (nSPS) is 13.9. The molecule has 3 heterocycles. The number of benzene rings is 19. The van der Waals surface area contributed by atoms with Gasteiger partial charge in [-0.15, -0.1) is 0 Å².